The van der Waals surface area contributed by atoms with Crippen LogP contribution in [0.1, 0.15) is 39.0 Å². The van der Waals surface area contributed by atoms with Gasteiger partial charge in [0.15, 0.2) is 5.78 Å². The minimum atomic E-state index is 0.203. The predicted octanol–water partition coefficient (Wildman–Crippen LogP) is 1.94. The van der Waals surface area contributed by atoms with Gasteiger partial charge in [-0.2, -0.15) is 0 Å². The molecule has 82 valence electrons. The molecular formula is C11H20O3. The van der Waals surface area contributed by atoms with Gasteiger partial charge in [-0.05, 0) is 25.7 Å². The smallest absolute Gasteiger partial charge is 0.158 e. The average Bonchev–Trinajstić information content (AvgIpc) is 2.68. The van der Waals surface area contributed by atoms with Crippen LogP contribution in [0.3, 0.4) is 0 Å². The van der Waals surface area contributed by atoms with Gasteiger partial charge in [0, 0.05) is 19.6 Å². The maximum atomic E-state index is 11.3. The van der Waals surface area contributed by atoms with Gasteiger partial charge >= 0.3 is 0 Å². The summed E-state index contributed by atoms with van der Waals surface area (Å²) < 4.78 is 10.6. The Balaban J connectivity index is 1.96. The summed E-state index contributed by atoms with van der Waals surface area (Å²) in [5.41, 5.74) is 0. The van der Waals surface area contributed by atoms with E-state index in [1.54, 1.807) is 0 Å². The normalized spacial score (nSPS) is 21.4. The monoisotopic (exact) mass is 200 g/mol. The van der Waals surface area contributed by atoms with E-state index in [2.05, 4.69) is 0 Å². The standard InChI is InChI=1S/C11H20O3/c1-2-7-13-9-10(12)5-6-11-4-3-8-14-11/h11H,2-9H2,1H3. The molecule has 0 spiro atoms. The van der Waals surface area contributed by atoms with E-state index in [1.807, 2.05) is 6.92 Å². The van der Waals surface area contributed by atoms with Crippen molar-refractivity contribution in [2.45, 2.75) is 45.1 Å². The zero-order valence-electron chi connectivity index (χ0n) is 8.96. The van der Waals surface area contributed by atoms with Gasteiger partial charge in [0.25, 0.3) is 0 Å². The third-order valence-corrected chi connectivity index (χ3v) is 2.38. The van der Waals surface area contributed by atoms with Gasteiger partial charge in [-0.15, -0.1) is 0 Å². The Kier molecular flexibility index (Phi) is 5.80. The van der Waals surface area contributed by atoms with Crippen LogP contribution >= 0.6 is 0 Å². The topological polar surface area (TPSA) is 35.5 Å². The number of carbonyl (C=O) groups is 1. The second-order valence-corrected chi connectivity index (χ2v) is 3.76. The Bertz CT molecular complexity index is 162. The molecule has 1 heterocycles. The second kappa shape index (κ2) is 6.96. The molecule has 1 unspecified atom stereocenters. The second-order valence-electron chi connectivity index (χ2n) is 3.76. The fourth-order valence-electron chi connectivity index (χ4n) is 1.60. The highest BCUT2D eigenvalue weighted by molar-refractivity contribution is 5.79. The summed E-state index contributed by atoms with van der Waals surface area (Å²) in [5.74, 6) is 0.203. The molecule has 0 radical (unpaired) electrons. The fraction of sp³-hybridized carbons (Fsp3) is 0.909. The summed E-state index contributed by atoms with van der Waals surface area (Å²) in [7, 11) is 0. The van der Waals surface area contributed by atoms with E-state index in [9.17, 15) is 4.79 Å². The Morgan fingerprint density at radius 2 is 2.43 bits per heavy atom. The molecule has 0 aliphatic carbocycles. The first-order valence-electron chi connectivity index (χ1n) is 5.54. The van der Waals surface area contributed by atoms with Gasteiger partial charge in [0.2, 0.25) is 0 Å². The van der Waals surface area contributed by atoms with E-state index in [0.29, 0.717) is 19.1 Å². The van der Waals surface area contributed by atoms with Gasteiger partial charge in [0.05, 0.1) is 6.10 Å². The van der Waals surface area contributed by atoms with Crippen LogP contribution in [0, 0.1) is 0 Å². The Hall–Kier alpha value is -0.410. The number of hydrogen-bond donors (Lipinski definition) is 0. The van der Waals surface area contributed by atoms with E-state index < -0.39 is 0 Å². The zero-order valence-corrected chi connectivity index (χ0v) is 8.96. The van der Waals surface area contributed by atoms with Crippen molar-refractivity contribution in [2.24, 2.45) is 0 Å². The lowest BCUT2D eigenvalue weighted by Gasteiger charge is -2.07. The molecule has 1 aliphatic heterocycles. The Labute approximate surface area is 85.8 Å². The van der Waals surface area contributed by atoms with E-state index in [1.165, 1.54) is 0 Å². The summed E-state index contributed by atoms with van der Waals surface area (Å²) in [6.45, 7) is 3.87. The lowest BCUT2D eigenvalue weighted by atomic mass is 10.1. The van der Waals surface area contributed by atoms with E-state index in [0.717, 1.165) is 32.3 Å². The molecule has 0 bridgehead atoms. The molecule has 0 N–H and O–H groups in total. The van der Waals surface area contributed by atoms with Crippen LogP contribution in [0.25, 0.3) is 0 Å². The number of rotatable bonds is 7. The molecule has 1 rings (SSSR count). The van der Waals surface area contributed by atoms with Crippen molar-refractivity contribution in [3.05, 3.63) is 0 Å². The third kappa shape index (κ3) is 4.72. The molecule has 1 atom stereocenters. The maximum Gasteiger partial charge on any atom is 0.158 e. The largest absolute Gasteiger partial charge is 0.378 e. The van der Waals surface area contributed by atoms with E-state index in [-0.39, 0.29) is 12.4 Å². The number of hydrogen-bond acceptors (Lipinski definition) is 3. The predicted molar refractivity (Wildman–Crippen MR) is 54.3 cm³/mol. The van der Waals surface area contributed by atoms with Crippen LogP contribution in [0.4, 0.5) is 0 Å². The lowest BCUT2D eigenvalue weighted by molar-refractivity contribution is -0.124. The molecule has 0 aromatic heterocycles. The van der Waals surface area contributed by atoms with Crippen molar-refractivity contribution in [3.63, 3.8) is 0 Å². The van der Waals surface area contributed by atoms with Crippen LogP contribution in [0.2, 0.25) is 0 Å². The minimum Gasteiger partial charge on any atom is -0.378 e. The molecule has 1 aliphatic rings. The third-order valence-electron chi connectivity index (χ3n) is 2.38. The van der Waals surface area contributed by atoms with Crippen LogP contribution in [0.5, 0.6) is 0 Å². The van der Waals surface area contributed by atoms with E-state index >= 15 is 0 Å². The highest BCUT2D eigenvalue weighted by atomic mass is 16.5. The number of ketones is 1. The summed E-state index contributed by atoms with van der Waals surface area (Å²) in [6.07, 6.45) is 5.03. The summed E-state index contributed by atoms with van der Waals surface area (Å²) in [5, 5.41) is 0. The molecule has 1 saturated heterocycles. The highest BCUT2D eigenvalue weighted by Crippen LogP contribution is 2.16. The molecular weight excluding hydrogens is 180 g/mol. The molecule has 1 fully saturated rings. The van der Waals surface area contributed by atoms with Gasteiger partial charge in [-0.3, -0.25) is 4.79 Å². The average molecular weight is 200 g/mol. The molecule has 0 amide bonds. The van der Waals surface area contributed by atoms with Gasteiger partial charge in [-0.25, -0.2) is 0 Å². The summed E-state index contributed by atoms with van der Waals surface area (Å²) >= 11 is 0. The van der Waals surface area contributed by atoms with Crippen LogP contribution in [-0.2, 0) is 14.3 Å². The van der Waals surface area contributed by atoms with Crippen molar-refractivity contribution < 1.29 is 14.3 Å². The molecule has 0 aromatic carbocycles. The van der Waals surface area contributed by atoms with Crippen molar-refractivity contribution in [2.75, 3.05) is 19.8 Å². The van der Waals surface area contributed by atoms with Crippen molar-refractivity contribution in [3.8, 4) is 0 Å². The zero-order chi connectivity index (χ0) is 10.2. The molecule has 0 saturated carbocycles. The lowest BCUT2D eigenvalue weighted by Crippen LogP contribution is -2.13. The van der Waals surface area contributed by atoms with E-state index in [4.69, 9.17) is 9.47 Å². The van der Waals surface area contributed by atoms with Crippen LogP contribution in [-0.4, -0.2) is 31.7 Å². The number of ether oxygens (including phenoxy) is 2. The van der Waals surface area contributed by atoms with Crippen molar-refractivity contribution in [1.29, 1.82) is 0 Å². The quantitative estimate of drug-likeness (QED) is 0.589. The first-order valence-corrected chi connectivity index (χ1v) is 5.54. The number of Topliss-reactive ketones (excluding diaryl/α,β-unsaturated/α-hetero) is 1. The molecule has 0 aromatic rings. The fourth-order valence-corrected chi connectivity index (χ4v) is 1.60. The van der Waals surface area contributed by atoms with Gasteiger partial charge in [0.1, 0.15) is 6.61 Å². The van der Waals surface area contributed by atoms with Gasteiger partial charge < -0.3 is 9.47 Å². The summed E-state index contributed by atoms with van der Waals surface area (Å²) in [4.78, 5) is 11.3. The Morgan fingerprint density at radius 1 is 1.57 bits per heavy atom. The van der Waals surface area contributed by atoms with Crippen molar-refractivity contribution in [1.82, 2.24) is 0 Å². The highest BCUT2D eigenvalue weighted by Gasteiger charge is 2.16. The maximum absolute atomic E-state index is 11.3. The first-order chi connectivity index (χ1) is 6.83. The SMILES string of the molecule is CCCOCC(=O)CCC1CCCO1. The minimum absolute atomic E-state index is 0.203. The number of carbonyl (C=O) groups excluding carboxylic acids is 1. The van der Waals surface area contributed by atoms with Crippen LogP contribution in [0.15, 0.2) is 0 Å². The van der Waals surface area contributed by atoms with Gasteiger partial charge in [-0.1, -0.05) is 6.92 Å². The van der Waals surface area contributed by atoms with Crippen LogP contribution < -0.4 is 0 Å². The molecule has 3 heteroatoms. The van der Waals surface area contributed by atoms with Crippen molar-refractivity contribution >= 4 is 5.78 Å². The summed E-state index contributed by atoms with van der Waals surface area (Å²) in [6, 6.07) is 0. The first kappa shape index (κ1) is 11.7. The Morgan fingerprint density at radius 3 is 3.07 bits per heavy atom. The molecule has 3 nitrogen and oxygen atoms in total. The molecule has 14 heavy (non-hydrogen) atoms.